The van der Waals surface area contributed by atoms with E-state index in [0.29, 0.717) is 6.04 Å². The van der Waals surface area contributed by atoms with Crippen molar-refractivity contribution in [2.75, 3.05) is 0 Å². The van der Waals surface area contributed by atoms with Crippen LogP contribution in [-0.2, 0) is 13.0 Å². The van der Waals surface area contributed by atoms with Crippen LogP contribution < -0.4 is 5.32 Å². The summed E-state index contributed by atoms with van der Waals surface area (Å²) in [6.07, 6.45) is 7.38. The Morgan fingerprint density at radius 3 is 3.05 bits per heavy atom. The number of pyridine rings is 1. The molecule has 1 aliphatic carbocycles. The summed E-state index contributed by atoms with van der Waals surface area (Å²) in [7, 11) is 0. The average molecular weight is 277 g/mol. The van der Waals surface area contributed by atoms with E-state index >= 15 is 0 Å². The van der Waals surface area contributed by atoms with Gasteiger partial charge in [0.15, 0.2) is 0 Å². The average Bonchev–Trinajstić information content (AvgIpc) is 2.93. The van der Waals surface area contributed by atoms with E-state index in [2.05, 4.69) is 45.6 Å². The molecule has 4 rings (SSSR count). The fraction of sp³-hybridized carbons (Fsp3) is 0.278. The van der Waals surface area contributed by atoms with Crippen LogP contribution in [-0.4, -0.2) is 9.97 Å². The zero-order chi connectivity index (χ0) is 14.1. The number of fused-ring (bicyclic) bond motifs is 3. The molecule has 0 bridgehead atoms. The first kappa shape index (κ1) is 12.6. The van der Waals surface area contributed by atoms with Crippen LogP contribution in [0.1, 0.15) is 35.7 Å². The largest absolute Gasteiger partial charge is 0.357 e. The number of aromatic nitrogens is 2. The molecular formula is C18H19N3. The molecule has 2 N–H and O–H groups in total. The van der Waals surface area contributed by atoms with Crippen LogP contribution in [0.2, 0.25) is 0 Å². The van der Waals surface area contributed by atoms with E-state index < -0.39 is 0 Å². The Kier molecular flexibility index (Phi) is 3.20. The Balaban J connectivity index is 1.61. The highest BCUT2D eigenvalue weighted by Crippen LogP contribution is 2.34. The van der Waals surface area contributed by atoms with Gasteiger partial charge < -0.3 is 10.3 Å². The van der Waals surface area contributed by atoms with Crippen molar-refractivity contribution in [3.05, 3.63) is 65.6 Å². The molecule has 3 heteroatoms. The van der Waals surface area contributed by atoms with Crippen molar-refractivity contribution in [3.63, 3.8) is 0 Å². The molecule has 21 heavy (non-hydrogen) atoms. The molecule has 1 unspecified atom stereocenters. The number of H-pyrrole nitrogens is 1. The van der Waals surface area contributed by atoms with Crippen LogP contribution in [0, 0.1) is 0 Å². The topological polar surface area (TPSA) is 40.7 Å². The van der Waals surface area contributed by atoms with Crippen LogP contribution in [0.3, 0.4) is 0 Å². The number of aromatic amines is 1. The van der Waals surface area contributed by atoms with Gasteiger partial charge in [0.05, 0.1) is 0 Å². The maximum atomic E-state index is 4.18. The molecule has 0 fully saturated rings. The van der Waals surface area contributed by atoms with Crippen molar-refractivity contribution >= 4 is 10.9 Å². The van der Waals surface area contributed by atoms with E-state index in [4.69, 9.17) is 0 Å². The van der Waals surface area contributed by atoms with Crippen LogP contribution in [0.5, 0.6) is 0 Å². The van der Waals surface area contributed by atoms with E-state index in [1.54, 1.807) is 0 Å². The van der Waals surface area contributed by atoms with Crippen LogP contribution in [0.25, 0.3) is 10.9 Å². The minimum Gasteiger partial charge on any atom is -0.357 e. The lowest BCUT2D eigenvalue weighted by Crippen LogP contribution is -2.24. The summed E-state index contributed by atoms with van der Waals surface area (Å²) in [6.45, 7) is 0.868. The predicted octanol–water partition coefficient (Wildman–Crippen LogP) is 3.73. The fourth-order valence-electron chi connectivity index (χ4n) is 3.36. The molecule has 106 valence electrons. The fourth-order valence-corrected chi connectivity index (χ4v) is 3.36. The Hall–Kier alpha value is -2.13. The Bertz CT molecular complexity index is 746. The molecule has 1 aliphatic rings. The van der Waals surface area contributed by atoms with Crippen LogP contribution in [0.4, 0.5) is 0 Å². The Morgan fingerprint density at radius 1 is 1.19 bits per heavy atom. The number of hydrogen-bond donors (Lipinski definition) is 2. The van der Waals surface area contributed by atoms with Gasteiger partial charge in [-0.2, -0.15) is 0 Å². The van der Waals surface area contributed by atoms with E-state index in [-0.39, 0.29) is 0 Å². The standard InChI is InChI=1S/C18H19N3/c1-2-8-16-14(6-1)15-7-3-9-17(18(15)21-16)20-12-13-5-4-10-19-11-13/h1-2,4-6,8,10-11,17,20-21H,3,7,9,12H2. The molecular weight excluding hydrogens is 258 g/mol. The number of para-hydroxylation sites is 1. The molecule has 0 spiro atoms. The van der Waals surface area contributed by atoms with Gasteiger partial charge in [-0.25, -0.2) is 0 Å². The molecule has 2 aromatic heterocycles. The monoisotopic (exact) mass is 277 g/mol. The second-order valence-electron chi connectivity index (χ2n) is 5.75. The number of benzene rings is 1. The Morgan fingerprint density at radius 2 is 2.14 bits per heavy atom. The molecule has 3 aromatic rings. The van der Waals surface area contributed by atoms with Crippen molar-refractivity contribution in [1.82, 2.24) is 15.3 Å². The normalized spacial score (nSPS) is 17.8. The van der Waals surface area contributed by atoms with Gasteiger partial charge in [-0.1, -0.05) is 24.3 Å². The van der Waals surface area contributed by atoms with Crippen molar-refractivity contribution in [1.29, 1.82) is 0 Å². The van der Waals surface area contributed by atoms with Crippen molar-refractivity contribution in [2.45, 2.75) is 31.8 Å². The summed E-state index contributed by atoms with van der Waals surface area (Å²) in [5.41, 5.74) is 5.38. The van der Waals surface area contributed by atoms with Crippen molar-refractivity contribution in [3.8, 4) is 0 Å². The highest BCUT2D eigenvalue weighted by Gasteiger charge is 2.23. The van der Waals surface area contributed by atoms with E-state index in [1.807, 2.05) is 18.5 Å². The Labute approximate surface area is 124 Å². The van der Waals surface area contributed by atoms with E-state index in [9.17, 15) is 0 Å². The quantitative estimate of drug-likeness (QED) is 0.766. The van der Waals surface area contributed by atoms with Crippen molar-refractivity contribution in [2.24, 2.45) is 0 Å². The molecule has 0 amide bonds. The number of aryl methyl sites for hydroxylation is 1. The van der Waals surface area contributed by atoms with Gasteiger partial charge >= 0.3 is 0 Å². The van der Waals surface area contributed by atoms with Gasteiger partial charge in [-0.15, -0.1) is 0 Å². The molecule has 1 atom stereocenters. The number of nitrogens with one attached hydrogen (secondary N) is 2. The molecule has 0 saturated carbocycles. The summed E-state index contributed by atoms with van der Waals surface area (Å²) in [5.74, 6) is 0. The summed E-state index contributed by atoms with van der Waals surface area (Å²) < 4.78 is 0. The first-order valence-electron chi connectivity index (χ1n) is 7.63. The number of hydrogen-bond acceptors (Lipinski definition) is 2. The van der Waals surface area contributed by atoms with Gasteiger partial charge in [0.1, 0.15) is 0 Å². The summed E-state index contributed by atoms with van der Waals surface area (Å²) >= 11 is 0. The highest BCUT2D eigenvalue weighted by atomic mass is 14.9. The third kappa shape index (κ3) is 2.34. The lowest BCUT2D eigenvalue weighted by molar-refractivity contribution is 0.452. The van der Waals surface area contributed by atoms with Gasteiger partial charge in [-0.3, -0.25) is 4.98 Å². The smallest absolute Gasteiger partial charge is 0.0478 e. The number of rotatable bonds is 3. The first-order chi connectivity index (χ1) is 10.4. The zero-order valence-electron chi connectivity index (χ0n) is 12.0. The van der Waals surface area contributed by atoms with Crippen LogP contribution >= 0.6 is 0 Å². The van der Waals surface area contributed by atoms with Crippen molar-refractivity contribution < 1.29 is 0 Å². The van der Waals surface area contributed by atoms with Gasteiger partial charge in [0.25, 0.3) is 0 Å². The highest BCUT2D eigenvalue weighted by molar-refractivity contribution is 5.85. The second kappa shape index (κ2) is 5.34. The first-order valence-corrected chi connectivity index (χ1v) is 7.63. The lowest BCUT2D eigenvalue weighted by Gasteiger charge is -2.24. The lowest BCUT2D eigenvalue weighted by atomic mass is 9.91. The minimum absolute atomic E-state index is 0.418. The second-order valence-corrected chi connectivity index (χ2v) is 5.75. The molecule has 2 heterocycles. The van der Waals surface area contributed by atoms with Gasteiger partial charge in [-0.05, 0) is 42.5 Å². The van der Waals surface area contributed by atoms with E-state index in [0.717, 1.165) is 6.54 Å². The minimum atomic E-state index is 0.418. The molecule has 3 nitrogen and oxygen atoms in total. The third-order valence-corrected chi connectivity index (χ3v) is 4.39. The molecule has 0 radical (unpaired) electrons. The van der Waals surface area contributed by atoms with Gasteiger partial charge in [0.2, 0.25) is 0 Å². The SMILES string of the molecule is c1cncc(CNC2CCCc3c2[nH]c2ccccc32)c1. The summed E-state index contributed by atoms with van der Waals surface area (Å²) in [6, 6.07) is 13.2. The zero-order valence-corrected chi connectivity index (χ0v) is 12.0. The molecule has 0 aliphatic heterocycles. The summed E-state index contributed by atoms with van der Waals surface area (Å²) in [4.78, 5) is 7.80. The third-order valence-electron chi connectivity index (χ3n) is 4.39. The van der Waals surface area contributed by atoms with E-state index in [1.165, 1.54) is 47.0 Å². The maximum Gasteiger partial charge on any atom is 0.0478 e. The molecule has 0 saturated heterocycles. The predicted molar refractivity (Wildman–Crippen MR) is 85.1 cm³/mol. The van der Waals surface area contributed by atoms with Crippen LogP contribution in [0.15, 0.2) is 48.8 Å². The molecule has 1 aromatic carbocycles. The number of nitrogens with zero attached hydrogens (tertiary/aromatic N) is 1. The maximum absolute atomic E-state index is 4.18. The summed E-state index contributed by atoms with van der Waals surface area (Å²) in [5, 5.41) is 5.07. The van der Waals surface area contributed by atoms with Gasteiger partial charge in [0, 0.05) is 41.6 Å².